The second-order valence-electron chi connectivity index (χ2n) is 8.63. The van der Waals surface area contributed by atoms with Crippen LogP contribution in [0.4, 0.5) is 10.5 Å². The summed E-state index contributed by atoms with van der Waals surface area (Å²) in [5.41, 5.74) is 4.18. The van der Waals surface area contributed by atoms with Gasteiger partial charge in [-0.15, -0.1) is 0 Å². The lowest BCUT2D eigenvalue weighted by Gasteiger charge is -2.35. The molecule has 0 aliphatic carbocycles. The number of unbranched alkanes of at least 4 members (excludes halogenated alkanes) is 1. The first-order valence-corrected chi connectivity index (χ1v) is 12.4. The van der Waals surface area contributed by atoms with Crippen LogP contribution in [0.1, 0.15) is 74.5 Å². The molecule has 35 heavy (non-hydrogen) atoms. The average Bonchev–Trinajstić information content (AvgIpc) is 2.85. The number of amides is 3. The minimum Gasteiger partial charge on any atom is -0.463 e. The van der Waals surface area contributed by atoms with Gasteiger partial charge in [-0.1, -0.05) is 44.5 Å². The Morgan fingerprint density at radius 3 is 2.29 bits per heavy atom. The van der Waals surface area contributed by atoms with Gasteiger partial charge in [0.15, 0.2) is 0 Å². The van der Waals surface area contributed by atoms with Gasteiger partial charge in [0.05, 0.1) is 18.2 Å². The molecule has 7 nitrogen and oxygen atoms in total. The van der Waals surface area contributed by atoms with E-state index in [1.807, 2.05) is 31.2 Å². The van der Waals surface area contributed by atoms with Crippen LogP contribution in [0.25, 0.3) is 0 Å². The smallest absolute Gasteiger partial charge is 0.338 e. The van der Waals surface area contributed by atoms with E-state index in [1.54, 1.807) is 43.0 Å². The maximum Gasteiger partial charge on any atom is 0.338 e. The molecule has 2 N–H and O–H groups in total. The van der Waals surface area contributed by atoms with E-state index < -0.39 is 12.0 Å². The van der Waals surface area contributed by atoms with E-state index in [4.69, 9.17) is 4.74 Å². The second-order valence-corrected chi connectivity index (χ2v) is 8.63. The first-order chi connectivity index (χ1) is 16.9. The quantitative estimate of drug-likeness (QED) is 0.436. The summed E-state index contributed by atoms with van der Waals surface area (Å²) >= 11 is 0. The molecule has 0 bridgehead atoms. The molecule has 0 saturated heterocycles. The Kier molecular flexibility index (Phi) is 9.06. The molecule has 1 atom stereocenters. The van der Waals surface area contributed by atoms with Gasteiger partial charge in [0.25, 0.3) is 5.91 Å². The average molecular weight is 478 g/mol. The van der Waals surface area contributed by atoms with Crippen LogP contribution in [0.15, 0.2) is 59.8 Å². The molecule has 3 amide bonds. The summed E-state index contributed by atoms with van der Waals surface area (Å²) in [6, 6.07) is 13.9. The number of nitrogens with one attached hydrogen (secondary N) is 2. The summed E-state index contributed by atoms with van der Waals surface area (Å²) in [5, 5.41) is 5.84. The second kappa shape index (κ2) is 12.2. The first kappa shape index (κ1) is 26.0. The van der Waals surface area contributed by atoms with Gasteiger partial charge >= 0.3 is 12.0 Å². The van der Waals surface area contributed by atoms with Crippen LogP contribution in [-0.2, 0) is 16.0 Å². The number of carbonyl (C=O) groups is 3. The van der Waals surface area contributed by atoms with E-state index in [2.05, 4.69) is 17.6 Å². The lowest BCUT2D eigenvalue weighted by atomic mass is 9.94. The molecule has 1 aliphatic rings. The van der Waals surface area contributed by atoms with Crippen molar-refractivity contribution in [2.45, 2.75) is 59.4 Å². The standard InChI is InChI=1S/C28H35N3O4/c1-5-8-9-20-10-12-22(13-11-20)26(32)29-23-16-14-21(15-17-23)25-24(27(33)35-7-3)19(4)31(18-6-2)28(34)30-25/h10-17,25H,5-9,18H2,1-4H3,(H,29,32)(H,30,34). The maximum absolute atomic E-state index is 12.8. The van der Waals surface area contributed by atoms with Gasteiger partial charge in [0.2, 0.25) is 0 Å². The minimum atomic E-state index is -0.630. The van der Waals surface area contributed by atoms with Crippen molar-refractivity contribution in [1.29, 1.82) is 0 Å². The van der Waals surface area contributed by atoms with E-state index in [0.29, 0.717) is 29.1 Å². The molecule has 0 fully saturated rings. The Hall–Kier alpha value is -3.61. The number of urea groups is 1. The Labute approximate surface area is 207 Å². The number of nitrogens with zero attached hydrogens (tertiary/aromatic N) is 1. The van der Waals surface area contributed by atoms with Gasteiger partial charge in [-0.05, 0) is 68.5 Å². The molecule has 0 spiro atoms. The normalized spacial score (nSPS) is 15.6. The number of benzene rings is 2. The van der Waals surface area contributed by atoms with Crippen LogP contribution in [0.2, 0.25) is 0 Å². The number of carbonyl (C=O) groups excluding carboxylic acids is 3. The van der Waals surface area contributed by atoms with Gasteiger partial charge in [-0.2, -0.15) is 0 Å². The van der Waals surface area contributed by atoms with Gasteiger partial charge in [-0.25, -0.2) is 9.59 Å². The highest BCUT2D eigenvalue weighted by Crippen LogP contribution is 2.32. The lowest BCUT2D eigenvalue weighted by molar-refractivity contribution is -0.139. The van der Waals surface area contributed by atoms with Crippen LogP contribution in [-0.4, -0.2) is 36.0 Å². The van der Waals surface area contributed by atoms with E-state index >= 15 is 0 Å². The number of aryl methyl sites for hydroxylation is 1. The summed E-state index contributed by atoms with van der Waals surface area (Å²) in [4.78, 5) is 39.8. The molecule has 1 aliphatic heterocycles. The number of allylic oxidation sites excluding steroid dienone is 1. The SMILES string of the molecule is CCCCc1ccc(C(=O)Nc2ccc(C3NC(=O)N(CCC)C(C)=C3C(=O)OCC)cc2)cc1. The van der Waals surface area contributed by atoms with Crippen molar-refractivity contribution < 1.29 is 19.1 Å². The molecular formula is C28H35N3O4. The lowest BCUT2D eigenvalue weighted by Crippen LogP contribution is -2.48. The molecule has 0 aromatic heterocycles. The first-order valence-electron chi connectivity index (χ1n) is 12.4. The molecule has 7 heteroatoms. The number of hydrogen-bond donors (Lipinski definition) is 2. The highest BCUT2D eigenvalue weighted by atomic mass is 16.5. The largest absolute Gasteiger partial charge is 0.463 e. The van der Waals surface area contributed by atoms with Crippen molar-refractivity contribution in [2.75, 3.05) is 18.5 Å². The number of anilines is 1. The zero-order valence-electron chi connectivity index (χ0n) is 21.0. The molecular weight excluding hydrogens is 442 g/mol. The summed E-state index contributed by atoms with van der Waals surface area (Å²) in [6.07, 6.45) is 4.04. The maximum atomic E-state index is 12.8. The molecule has 0 saturated carbocycles. The van der Waals surface area contributed by atoms with Crippen molar-refractivity contribution in [3.8, 4) is 0 Å². The monoisotopic (exact) mass is 477 g/mol. The number of hydrogen-bond acceptors (Lipinski definition) is 4. The minimum absolute atomic E-state index is 0.191. The van der Waals surface area contributed by atoms with Gasteiger partial charge in [0.1, 0.15) is 0 Å². The highest BCUT2D eigenvalue weighted by Gasteiger charge is 2.36. The van der Waals surface area contributed by atoms with Crippen molar-refractivity contribution in [2.24, 2.45) is 0 Å². The molecule has 186 valence electrons. The molecule has 3 rings (SSSR count). The zero-order valence-corrected chi connectivity index (χ0v) is 21.0. The van der Waals surface area contributed by atoms with Gasteiger partial charge in [0, 0.05) is 23.5 Å². The van der Waals surface area contributed by atoms with E-state index in [1.165, 1.54) is 5.56 Å². The van der Waals surface area contributed by atoms with Crippen LogP contribution < -0.4 is 10.6 Å². The predicted molar refractivity (Wildman–Crippen MR) is 137 cm³/mol. The third kappa shape index (κ3) is 6.29. The summed E-state index contributed by atoms with van der Waals surface area (Å²) in [6.45, 7) is 8.42. The van der Waals surface area contributed by atoms with Crippen LogP contribution in [0.5, 0.6) is 0 Å². The van der Waals surface area contributed by atoms with Crippen LogP contribution in [0.3, 0.4) is 0 Å². The Morgan fingerprint density at radius 2 is 1.69 bits per heavy atom. The third-order valence-corrected chi connectivity index (χ3v) is 6.08. The van der Waals surface area contributed by atoms with Crippen molar-refractivity contribution in [3.05, 3.63) is 76.5 Å². The zero-order chi connectivity index (χ0) is 25.4. The molecule has 0 radical (unpaired) electrons. The van der Waals surface area contributed by atoms with Crippen molar-refractivity contribution in [1.82, 2.24) is 10.2 Å². The predicted octanol–water partition coefficient (Wildman–Crippen LogP) is 5.59. The van der Waals surface area contributed by atoms with Crippen LogP contribution >= 0.6 is 0 Å². The Balaban J connectivity index is 1.78. The molecule has 2 aromatic rings. The number of esters is 1. The van der Waals surface area contributed by atoms with E-state index in [-0.39, 0.29) is 18.5 Å². The fraction of sp³-hybridized carbons (Fsp3) is 0.393. The van der Waals surface area contributed by atoms with Crippen LogP contribution in [0, 0.1) is 0 Å². The summed E-state index contributed by atoms with van der Waals surface area (Å²) < 4.78 is 5.29. The Morgan fingerprint density at radius 1 is 1.00 bits per heavy atom. The van der Waals surface area contributed by atoms with Crippen molar-refractivity contribution >= 4 is 23.6 Å². The highest BCUT2D eigenvalue weighted by molar-refractivity contribution is 6.04. The number of ether oxygens (including phenoxy) is 1. The fourth-order valence-corrected chi connectivity index (χ4v) is 4.16. The van der Waals surface area contributed by atoms with E-state index in [0.717, 1.165) is 31.2 Å². The number of rotatable bonds is 10. The topological polar surface area (TPSA) is 87.7 Å². The fourth-order valence-electron chi connectivity index (χ4n) is 4.16. The van der Waals surface area contributed by atoms with Crippen molar-refractivity contribution in [3.63, 3.8) is 0 Å². The van der Waals surface area contributed by atoms with Gasteiger partial charge < -0.3 is 15.4 Å². The molecule has 2 aromatic carbocycles. The summed E-state index contributed by atoms with van der Waals surface area (Å²) in [5.74, 6) is -0.639. The summed E-state index contributed by atoms with van der Waals surface area (Å²) in [7, 11) is 0. The Bertz CT molecular complexity index is 1070. The third-order valence-electron chi connectivity index (χ3n) is 6.08. The van der Waals surface area contributed by atoms with Gasteiger partial charge in [-0.3, -0.25) is 9.69 Å². The molecule has 1 unspecified atom stereocenters. The molecule has 1 heterocycles. The van der Waals surface area contributed by atoms with E-state index in [9.17, 15) is 14.4 Å².